The lowest BCUT2D eigenvalue weighted by atomic mass is 9.96. The van der Waals surface area contributed by atoms with Crippen molar-refractivity contribution in [2.45, 2.75) is 45.4 Å². The fraction of sp³-hybridized carbons (Fsp3) is 0.632. The normalized spacial score (nSPS) is 17.0. The van der Waals surface area contributed by atoms with Crippen molar-refractivity contribution in [3.05, 3.63) is 29.8 Å². The van der Waals surface area contributed by atoms with Crippen LogP contribution in [-0.2, 0) is 0 Å². The van der Waals surface area contributed by atoms with Crippen molar-refractivity contribution in [2.24, 2.45) is 5.92 Å². The van der Waals surface area contributed by atoms with E-state index in [0.717, 1.165) is 44.8 Å². The molecule has 1 aliphatic heterocycles. The molecule has 2 rings (SSSR count). The molecule has 1 atom stereocenters. The fourth-order valence-electron chi connectivity index (χ4n) is 2.91. The van der Waals surface area contributed by atoms with E-state index in [2.05, 4.69) is 17.6 Å². The molecule has 1 heterocycles. The maximum absolute atomic E-state index is 12.1. The van der Waals surface area contributed by atoms with Crippen molar-refractivity contribution < 1.29 is 9.53 Å². The third-order valence-corrected chi connectivity index (χ3v) is 4.37. The molecule has 1 fully saturated rings. The molecule has 1 saturated heterocycles. The number of rotatable bonds is 9. The zero-order chi connectivity index (χ0) is 16.3. The van der Waals surface area contributed by atoms with E-state index in [9.17, 15) is 4.79 Å². The van der Waals surface area contributed by atoms with Gasteiger partial charge in [0.1, 0.15) is 5.75 Å². The van der Waals surface area contributed by atoms with Gasteiger partial charge in [0.05, 0.1) is 6.61 Å². The van der Waals surface area contributed by atoms with Crippen LogP contribution in [0.5, 0.6) is 5.75 Å². The van der Waals surface area contributed by atoms with Gasteiger partial charge in [0.25, 0.3) is 5.91 Å². The third kappa shape index (κ3) is 7.54. The second-order valence-corrected chi connectivity index (χ2v) is 6.34. The van der Waals surface area contributed by atoms with Crippen LogP contribution < -0.4 is 15.4 Å². The van der Waals surface area contributed by atoms with Crippen LogP contribution in [0.2, 0.25) is 0 Å². The van der Waals surface area contributed by atoms with Crippen LogP contribution in [0.3, 0.4) is 0 Å². The van der Waals surface area contributed by atoms with Crippen molar-refractivity contribution in [1.82, 2.24) is 10.6 Å². The van der Waals surface area contributed by atoms with E-state index in [1.54, 1.807) is 0 Å². The van der Waals surface area contributed by atoms with Crippen LogP contribution in [0.25, 0.3) is 0 Å². The quantitative estimate of drug-likeness (QED) is 0.663. The second-order valence-electron chi connectivity index (χ2n) is 6.34. The predicted octanol–water partition coefficient (Wildman–Crippen LogP) is 3.80. The first kappa shape index (κ1) is 20.8. The van der Waals surface area contributed by atoms with E-state index >= 15 is 0 Å². The maximum atomic E-state index is 12.1. The molecule has 136 valence electrons. The summed E-state index contributed by atoms with van der Waals surface area (Å²) in [6.07, 6.45) is 7.04. The van der Waals surface area contributed by atoms with Crippen LogP contribution in [-0.4, -0.2) is 32.1 Å². The summed E-state index contributed by atoms with van der Waals surface area (Å²) in [6, 6.07) is 7.44. The molecule has 0 aromatic heterocycles. The van der Waals surface area contributed by atoms with Crippen molar-refractivity contribution in [1.29, 1.82) is 0 Å². The van der Waals surface area contributed by atoms with Crippen LogP contribution in [0.1, 0.15) is 55.8 Å². The molecular formula is C19H31ClN2O2. The van der Waals surface area contributed by atoms with Crippen molar-refractivity contribution in [3.63, 3.8) is 0 Å². The van der Waals surface area contributed by atoms with Crippen LogP contribution >= 0.6 is 12.4 Å². The van der Waals surface area contributed by atoms with Crippen molar-refractivity contribution in [3.8, 4) is 5.75 Å². The highest BCUT2D eigenvalue weighted by molar-refractivity contribution is 5.94. The Balaban J connectivity index is 0.00000288. The average Bonchev–Trinajstić information content (AvgIpc) is 2.60. The zero-order valence-corrected chi connectivity index (χ0v) is 15.5. The molecule has 0 radical (unpaired) electrons. The lowest BCUT2D eigenvalue weighted by molar-refractivity contribution is 0.0950. The molecule has 0 spiro atoms. The number of ether oxygens (including phenoxy) is 1. The first-order chi connectivity index (χ1) is 11.3. The number of benzene rings is 1. The molecule has 1 aromatic rings. The minimum absolute atomic E-state index is 0. The van der Waals surface area contributed by atoms with Crippen LogP contribution in [0.15, 0.2) is 24.3 Å². The molecule has 1 aromatic carbocycles. The van der Waals surface area contributed by atoms with Gasteiger partial charge < -0.3 is 15.4 Å². The first-order valence-corrected chi connectivity index (χ1v) is 9.01. The van der Waals surface area contributed by atoms with Gasteiger partial charge in [0.15, 0.2) is 0 Å². The van der Waals surface area contributed by atoms with Gasteiger partial charge in [-0.2, -0.15) is 0 Å². The Morgan fingerprint density at radius 3 is 2.75 bits per heavy atom. The monoisotopic (exact) mass is 354 g/mol. The molecule has 4 nitrogen and oxygen atoms in total. The van der Waals surface area contributed by atoms with Crippen LogP contribution in [0, 0.1) is 5.92 Å². The van der Waals surface area contributed by atoms with E-state index in [-0.39, 0.29) is 18.3 Å². The zero-order valence-electron chi connectivity index (χ0n) is 14.7. The van der Waals surface area contributed by atoms with Crippen molar-refractivity contribution in [2.75, 3.05) is 26.2 Å². The van der Waals surface area contributed by atoms with Gasteiger partial charge in [0, 0.05) is 12.1 Å². The average molecular weight is 355 g/mol. The highest BCUT2D eigenvalue weighted by atomic mass is 35.5. The molecule has 1 aliphatic rings. The van der Waals surface area contributed by atoms with Gasteiger partial charge >= 0.3 is 0 Å². The largest absolute Gasteiger partial charge is 0.494 e. The van der Waals surface area contributed by atoms with Gasteiger partial charge in [-0.05, 0) is 69.0 Å². The molecule has 5 heteroatoms. The van der Waals surface area contributed by atoms with Gasteiger partial charge in [-0.25, -0.2) is 0 Å². The highest BCUT2D eigenvalue weighted by Gasteiger charge is 2.13. The Morgan fingerprint density at radius 2 is 2.08 bits per heavy atom. The molecule has 0 bridgehead atoms. The summed E-state index contributed by atoms with van der Waals surface area (Å²) in [5.41, 5.74) is 0.702. The van der Waals surface area contributed by atoms with Gasteiger partial charge in [-0.1, -0.05) is 19.8 Å². The highest BCUT2D eigenvalue weighted by Crippen LogP contribution is 2.14. The summed E-state index contributed by atoms with van der Waals surface area (Å²) in [5, 5.41) is 6.43. The Hall–Kier alpha value is -1.26. The van der Waals surface area contributed by atoms with E-state index < -0.39 is 0 Å². The number of piperidine rings is 1. The molecule has 2 N–H and O–H groups in total. The predicted molar refractivity (Wildman–Crippen MR) is 101 cm³/mol. The maximum Gasteiger partial charge on any atom is 0.251 e. The Labute approximate surface area is 152 Å². The Morgan fingerprint density at radius 1 is 1.29 bits per heavy atom. The van der Waals surface area contributed by atoms with Gasteiger partial charge in [0.2, 0.25) is 0 Å². The Bertz CT molecular complexity index is 459. The standard InChI is InChI=1S/C19H30N2O2.ClH/c1-2-3-4-14-23-18-9-7-17(8-10-18)19(22)21-13-11-16-6-5-12-20-15-16;/h7-10,16,20H,2-6,11-15H2,1H3,(H,21,22);1H. The smallest absolute Gasteiger partial charge is 0.251 e. The molecular weight excluding hydrogens is 324 g/mol. The molecule has 24 heavy (non-hydrogen) atoms. The van der Waals surface area contributed by atoms with E-state index in [1.807, 2.05) is 24.3 Å². The summed E-state index contributed by atoms with van der Waals surface area (Å²) in [4.78, 5) is 12.1. The summed E-state index contributed by atoms with van der Waals surface area (Å²) in [5.74, 6) is 1.54. The number of unbranched alkanes of at least 4 members (excludes halogenated alkanes) is 2. The summed E-state index contributed by atoms with van der Waals surface area (Å²) in [7, 11) is 0. The topological polar surface area (TPSA) is 50.4 Å². The minimum atomic E-state index is 0. The molecule has 1 amide bonds. The van der Waals surface area contributed by atoms with Crippen molar-refractivity contribution >= 4 is 18.3 Å². The number of nitrogens with one attached hydrogen (secondary N) is 2. The van der Waals surface area contributed by atoms with E-state index in [1.165, 1.54) is 25.7 Å². The van der Waals surface area contributed by atoms with Crippen LogP contribution in [0.4, 0.5) is 0 Å². The number of hydrogen-bond donors (Lipinski definition) is 2. The van der Waals surface area contributed by atoms with E-state index in [0.29, 0.717) is 11.5 Å². The molecule has 0 aliphatic carbocycles. The minimum Gasteiger partial charge on any atom is -0.494 e. The lowest BCUT2D eigenvalue weighted by Gasteiger charge is -2.22. The fourth-order valence-corrected chi connectivity index (χ4v) is 2.91. The third-order valence-electron chi connectivity index (χ3n) is 4.37. The number of amides is 1. The lowest BCUT2D eigenvalue weighted by Crippen LogP contribution is -2.33. The summed E-state index contributed by atoms with van der Waals surface area (Å²) in [6.45, 7) is 5.89. The second kappa shape index (κ2) is 12.2. The summed E-state index contributed by atoms with van der Waals surface area (Å²) >= 11 is 0. The first-order valence-electron chi connectivity index (χ1n) is 9.01. The number of carbonyl (C=O) groups is 1. The SMILES string of the molecule is CCCCCOc1ccc(C(=O)NCCC2CCCNC2)cc1.Cl. The number of carbonyl (C=O) groups excluding carboxylic acids is 1. The summed E-state index contributed by atoms with van der Waals surface area (Å²) < 4.78 is 5.66. The van der Waals surface area contributed by atoms with Gasteiger partial charge in [-0.3, -0.25) is 4.79 Å². The Kier molecular flexibility index (Phi) is 10.5. The molecule has 1 unspecified atom stereocenters. The van der Waals surface area contributed by atoms with Gasteiger partial charge in [-0.15, -0.1) is 12.4 Å². The van der Waals surface area contributed by atoms with E-state index in [4.69, 9.17) is 4.74 Å². The number of hydrogen-bond acceptors (Lipinski definition) is 3. The number of halogens is 1. The molecule has 0 saturated carbocycles.